The van der Waals surface area contributed by atoms with E-state index in [1.165, 1.54) is 12.8 Å². The van der Waals surface area contributed by atoms with Crippen molar-refractivity contribution < 1.29 is 5.11 Å². The summed E-state index contributed by atoms with van der Waals surface area (Å²) in [5.41, 5.74) is 0. The lowest BCUT2D eigenvalue weighted by molar-refractivity contribution is 0.0851. The molecule has 1 aliphatic carbocycles. The average molecular weight is 227 g/mol. The molecule has 0 aromatic heterocycles. The second-order valence-corrected chi connectivity index (χ2v) is 6.02. The molecule has 0 unspecified atom stereocenters. The van der Waals surface area contributed by atoms with Crippen LogP contribution in [-0.4, -0.2) is 23.8 Å². The van der Waals surface area contributed by atoms with Crippen molar-refractivity contribution in [2.75, 3.05) is 6.54 Å². The third-order valence-corrected chi connectivity index (χ3v) is 4.06. The Balaban J connectivity index is 2.36. The summed E-state index contributed by atoms with van der Waals surface area (Å²) in [7, 11) is 0. The van der Waals surface area contributed by atoms with E-state index < -0.39 is 0 Å². The Labute approximate surface area is 101 Å². The molecule has 2 nitrogen and oxygen atoms in total. The highest BCUT2D eigenvalue weighted by atomic mass is 16.3. The molecule has 0 aromatic carbocycles. The van der Waals surface area contributed by atoms with Crippen LogP contribution < -0.4 is 5.32 Å². The second kappa shape index (κ2) is 6.61. The topological polar surface area (TPSA) is 32.3 Å². The standard InChI is InChI=1S/C14H29NO/c1-10(2)12(11(3)4)9-15-13-7-5-6-8-14(13)16/h10-16H,5-9H2,1-4H3/t13-,14-/m1/s1. The van der Waals surface area contributed by atoms with Gasteiger partial charge in [0.1, 0.15) is 0 Å². The Kier molecular flexibility index (Phi) is 5.77. The van der Waals surface area contributed by atoms with Crippen LogP contribution in [0.15, 0.2) is 0 Å². The Hall–Kier alpha value is -0.0800. The van der Waals surface area contributed by atoms with Gasteiger partial charge < -0.3 is 10.4 Å². The van der Waals surface area contributed by atoms with Crippen LogP contribution in [0.2, 0.25) is 0 Å². The fourth-order valence-electron chi connectivity index (χ4n) is 2.88. The van der Waals surface area contributed by atoms with E-state index in [0.717, 1.165) is 19.4 Å². The first-order chi connectivity index (χ1) is 7.52. The van der Waals surface area contributed by atoms with E-state index in [1.807, 2.05) is 0 Å². The molecule has 0 amide bonds. The van der Waals surface area contributed by atoms with Crippen molar-refractivity contribution in [2.45, 2.75) is 65.5 Å². The van der Waals surface area contributed by atoms with E-state index in [2.05, 4.69) is 33.0 Å². The van der Waals surface area contributed by atoms with Crippen LogP contribution in [0.1, 0.15) is 53.4 Å². The lowest BCUT2D eigenvalue weighted by Crippen LogP contribution is -2.45. The maximum atomic E-state index is 9.90. The molecule has 1 fully saturated rings. The minimum Gasteiger partial charge on any atom is -0.392 e. The fraction of sp³-hybridized carbons (Fsp3) is 1.00. The molecule has 2 heteroatoms. The van der Waals surface area contributed by atoms with E-state index in [4.69, 9.17) is 0 Å². The molecule has 2 atom stereocenters. The predicted molar refractivity (Wildman–Crippen MR) is 69.4 cm³/mol. The number of hydrogen-bond acceptors (Lipinski definition) is 2. The Bertz CT molecular complexity index is 183. The Morgan fingerprint density at radius 1 is 1.06 bits per heavy atom. The second-order valence-electron chi connectivity index (χ2n) is 6.02. The van der Waals surface area contributed by atoms with Crippen molar-refractivity contribution in [1.29, 1.82) is 0 Å². The normalized spacial score (nSPS) is 27.0. The first-order valence-corrected chi connectivity index (χ1v) is 6.93. The summed E-state index contributed by atoms with van der Waals surface area (Å²) in [6.45, 7) is 10.2. The van der Waals surface area contributed by atoms with Crippen molar-refractivity contribution in [1.82, 2.24) is 5.32 Å². The summed E-state index contributed by atoms with van der Waals surface area (Å²) < 4.78 is 0. The quantitative estimate of drug-likeness (QED) is 0.757. The highest BCUT2D eigenvalue weighted by molar-refractivity contribution is 4.82. The SMILES string of the molecule is CC(C)C(CN[C@@H]1CCCC[C@H]1O)C(C)C. The Morgan fingerprint density at radius 2 is 1.62 bits per heavy atom. The first kappa shape index (κ1) is 14.0. The summed E-state index contributed by atoms with van der Waals surface area (Å²) >= 11 is 0. The molecule has 0 spiro atoms. The summed E-state index contributed by atoms with van der Waals surface area (Å²) in [5.74, 6) is 2.15. The molecule has 1 rings (SSSR count). The molecule has 0 radical (unpaired) electrons. The highest BCUT2D eigenvalue weighted by Gasteiger charge is 2.24. The molecule has 0 aliphatic heterocycles. The largest absolute Gasteiger partial charge is 0.392 e. The zero-order chi connectivity index (χ0) is 12.1. The monoisotopic (exact) mass is 227 g/mol. The summed E-state index contributed by atoms with van der Waals surface area (Å²) in [4.78, 5) is 0. The zero-order valence-electron chi connectivity index (χ0n) is 11.4. The van der Waals surface area contributed by atoms with Crippen LogP contribution in [0.4, 0.5) is 0 Å². The summed E-state index contributed by atoms with van der Waals surface area (Å²) in [6, 6.07) is 0.341. The molecular formula is C14H29NO. The van der Waals surface area contributed by atoms with Crippen molar-refractivity contribution in [3.05, 3.63) is 0 Å². The van der Waals surface area contributed by atoms with Crippen LogP contribution in [0, 0.1) is 17.8 Å². The maximum Gasteiger partial charge on any atom is 0.0693 e. The first-order valence-electron chi connectivity index (χ1n) is 6.93. The lowest BCUT2D eigenvalue weighted by atomic mass is 9.84. The van der Waals surface area contributed by atoms with Gasteiger partial charge in [0.25, 0.3) is 0 Å². The zero-order valence-corrected chi connectivity index (χ0v) is 11.4. The van der Waals surface area contributed by atoms with Crippen molar-refractivity contribution in [2.24, 2.45) is 17.8 Å². The van der Waals surface area contributed by atoms with E-state index in [-0.39, 0.29) is 6.10 Å². The molecule has 0 heterocycles. The third-order valence-electron chi connectivity index (χ3n) is 4.06. The van der Waals surface area contributed by atoms with Gasteiger partial charge in [-0.25, -0.2) is 0 Å². The minimum atomic E-state index is -0.117. The minimum absolute atomic E-state index is 0.117. The average Bonchev–Trinajstić information content (AvgIpc) is 2.20. The van der Waals surface area contributed by atoms with Gasteiger partial charge in [-0.1, -0.05) is 40.5 Å². The van der Waals surface area contributed by atoms with Gasteiger partial charge in [0.05, 0.1) is 6.10 Å². The van der Waals surface area contributed by atoms with E-state index >= 15 is 0 Å². The Morgan fingerprint density at radius 3 is 2.12 bits per heavy atom. The van der Waals surface area contributed by atoms with Gasteiger partial charge in [-0.3, -0.25) is 0 Å². The van der Waals surface area contributed by atoms with Crippen LogP contribution in [0.5, 0.6) is 0 Å². The van der Waals surface area contributed by atoms with E-state index in [1.54, 1.807) is 0 Å². The third kappa shape index (κ3) is 4.06. The predicted octanol–water partition coefficient (Wildman–Crippen LogP) is 2.81. The van der Waals surface area contributed by atoms with Crippen LogP contribution in [0.3, 0.4) is 0 Å². The fourth-order valence-corrected chi connectivity index (χ4v) is 2.88. The smallest absolute Gasteiger partial charge is 0.0693 e. The van der Waals surface area contributed by atoms with Crippen LogP contribution in [-0.2, 0) is 0 Å². The summed E-state index contributed by atoms with van der Waals surface area (Å²) in [5, 5.41) is 13.5. The number of nitrogens with one attached hydrogen (secondary N) is 1. The molecule has 96 valence electrons. The lowest BCUT2D eigenvalue weighted by Gasteiger charge is -2.32. The molecule has 0 aromatic rings. The molecule has 0 bridgehead atoms. The van der Waals surface area contributed by atoms with Gasteiger partial charge in [-0.2, -0.15) is 0 Å². The molecule has 16 heavy (non-hydrogen) atoms. The van der Waals surface area contributed by atoms with Gasteiger partial charge in [-0.05, 0) is 37.1 Å². The number of aliphatic hydroxyl groups is 1. The highest BCUT2D eigenvalue weighted by Crippen LogP contribution is 2.22. The number of aliphatic hydroxyl groups excluding tert-OH is 1. The maximum absolute atomic E-state index is 9.90. The van der Waals surface area contributed by atoms with Crippen molar-refractivity contribution in [3.63, 3.8) is 0 Å². The molecule has 0 saturated heterocycles. The molecule has 1 aliphatic rings. The van der Waals surface area contributed by atoms with Crippen LogP contribution >= 0.6 is 0 Å². The van der Waals surface area contributed by atoms with Gasteiger partial charge in [0.2, 0.25) is 0 Å². The number of rotatable bonds is 5. The number of hydrogen-bond donors (Lipinski definition) is 2. The van der Waals surface area contributed by atoms with Gasteiger partial charge in [0.15, 0.2) is 0 Å². The van der Waals surface area contributed by atoms with Crippen LogP contribution in [0.25, 0.3) is 0 Å². The molecular weight excluding hydrogens is 198 g/mol. The molecule has 1 saturated carbocycles. The van der Waals surface area contributed by atoms with Crippen molar-refractivity contribution >= 4 is 0 Å². The van der Waals surface area contributed by atoms with Gasteiger partial charge in [-0.15, -0.1) is 0 Å². The van der Waals surface area contributed by atoms with E-state index in [0.29, 0.717) is 23.8 Å². The molecule has 2 N–H and O–H groups in total. The van der Waals surface area contributed by atoms with Gasteiger partial charge in [0, 0.05) is 6.04 Å². The van der Waals surface area contributed by atoms with E-state index in [9.17, 15) is 5.11 Å². The summed E-state index contributed by atoms with van der Waals surface area (Å²) in [6.07, 6.45) is 4.46. The van der Waals surface area contributed by atoms with Crippen molar-refractivity contribution in [3.8, 4) is 0 Å². The van der Waals surface area contributed by atoms with Gasteiger partial charge >= 0.3 is 0 Å².